The Hall–Kier alpha value is -3.86. The van der Waals surface area contributed by atoms with Crippen molar-refractivity contribution in [2.45, 2.75) is 20.8 Å². The maximum atomic E-state index is 13.8. The zero-order chi connectivity index (χ0) is 23.7. The minimum atomic E-state index is 0.0269. The Labute approximate surface area is 201 Å². The van der Waals surface area contributed by atoms with Gasteiger partial charge in [0.25, 0.3) is 5.91 Å². The highest BCUT2D eigenvalue weighted by Crippen LogP contribution is 2.26. The predicted molar refractivity (Wildman–Crippen MR) is 138 cm³/mol. The monoisotopic (exact) mass is 450 g/mol. The molecule has 34 heavy (non-hydrogen) atoms. The molecule has 5 heteroatoms. The molecule has 0 atom stereocenters. The fraction of sp³-hybridized carbons (Fsp3) is 0.241. The van der Waals surface area contributed by atoms with Gasteiger partial charge in [-0.05, 0) is 50.1 Å². The summed E-state index contributed by atoms with van der Waals surface area (Å²) >= 11 is 0. The highest BCUT2D eigenvalue weighted by Gasteiger charge is 2.27. The fourth-order valence-corrected chi connectivity index (χ4v) is 4.74. The van der Waals surface area contributed by atoms with Gasteiger partial charge >= 0.3 is 0 Å². The number of carbonyl (C=O) groups excluding carboxylic acids is 1. The average molecular weight is 451 g/mol. The van der Waals surface area contributed by atoms with E-state index in [0.717, 1.165) is 35.6 Å². The number of hydrogen-bond donors (Lipinski definition) is 0. The summed E-state index contributed by atoms with van der Waals surface area (Å²) in [6.45, 7) is 9.30. The third-order valence-electron chi connectivity index (χ3n) is 6.60. The summed E-state index contributed by atoms with van der Waals surface area (Å²) in [5.74, 6) is 0.0269. The second-order valence-corrected chi connectivity index (χ2v) is 9.05. The summed E-state index contributed by atoms with van der Waals surface area (Å²) in [6, 6.07) is 26.7. The van der Waals surface area contributed by atoms with Crippen LogP contribution in [0.4, 0.5) is 5.69 Å². The first-order valence-corrected chi connectivity index (χ1v) is 11.8. The number of nitrogens with zero attached hydrogens (tertiary/aromatic N) is 4. The maximum Gasteiger partial charge on any atom is 0.272 e. The van der Waals surface area contributed by atoms with Gasteiger partial charge in [-0.1, -0.05) is 66.2 Å². The molecule has 172 valence electrons. The quantitative estimate of drug-likeness (QED) is 0.416. The van der Waals surface area contributed by atoms with Crippen LogP contribution in [0.25, 0.3) is 16.9 Å². The van der Waals surface area contributed by atoms with E-state index in [1.54, 1.807) is 0 Å². The molecule has 0 bridgehead atoms. The Morgan fingerprint density at radius 3 is 2.15 bits per heavy atom. The standard InChI is InChI=1S/C29H30N4O/c1-21-13-14-27(23(3)19-21)33-28(20-25(30-33)24-10-5-4-6-11-24)29(34)32-17-15-31(16-18-32)26-12-8-7-9-22(26)2/h4-14,19-20H,15-18H2,1-3H3. The smallest absolute Gasteiger partial charge is 0.272 e. The molecule has 2 heterocycles. The van der Waals surface area contributed by atoms with Crippen LogP contribution in [0.1, 0.15) is 27.2 Å². The second kappa shape index (κ2) is 9.18. The van der Waals surface area contributed by atoms with Crippen LogP contribution in [0.5, 0.6) is 0 Å². The highest BCUT2D eigenvalue weighted by molar-refractivity contribution is 5.94. The third kappa shape index (κ3) is 4.21. The lowest BCUT2D eigenvalue weighted by Crippen LogP contribution is -2.49. The molecular formula is C29H30N4O. The molecule has 5 rings (SSSR count). The molecule has 0 radical (unpaired) electrons. The number of amides is 1. The molecule has 0 spiro atoms. The summed E-state index contributed by atoms with van der Waals surface area (Å²) in [4.78, 5) is 18.1. The fourth-order valence-electron chi connectivity index (χ4n) is 4.74. The zero-order valence-corrected chi connectivity index (χ0v) is 20.0. The van der Waals surface area contributed by atoms with Gasteiger partial charge in [-0.15, -0.1) is 0 Å². The van der Waals surface area contributed by atoms with Gasteiger partial charge in [-0.25, -0.2) is 4.68 Å². The predicted octanol–water partition coefficient (Wildman–Crippen LogP) is 5.43. The van der Waals surface area contributed by atoms with Gasteiger partial charge in [0.2, 0.25) is 0 Å². The number of anilines is 1. The van der Waals surface area contributed by atoms with Crippen molar-refractivity contribution in [3.63, 3.8) is 0 Å². The molecule has 3 aromatic carbocycles. The maximum absolute atomic E-state index is 13.8. The van der Waals surface area contributed by atoms with Gasteiger partial charge in [-0.3, -0.25) is 4.79 Å². The number of piperazine rings is 1. The average Bonchev–Trinajstić information content (AvgIpc) is 3.30. The molecule has 1 amide bonds. The Balaban J connectivity index is 1.46. The van der Waals surface area contributed by atoms with Crippen LogP contribution in [-0.4, -0.2) is 46.8 Å². The topological polar surface area (TPSA) is 41.4 Å². The largest absolute Gasteiger partial charge is 0.368 e. The van der Waals surface area contributed by atoms with Crippen LogP contribution in [0.15, 0.2) is 78.9 Å². The molecule has 1 aliphatic heterocycles. The molecule has 0 unspecified atom stereocenters. The molecule has 5 nitrogen and oxygen atoms in total. The number of benzene rings is 3. The molecule has 0 N–H and O–H groups in total. The van der Waals surface area contributed by atoms with Gasteiger partial charge < -0.3 is 9.80 Å². The summed E-state index contributed by atoms with van der Waals surface area (Å²) in [7, 11) is 0. The summed E-state index contributed by atoms with van der Waals surface area (Å²) < 4.78 is 1.83. The first-order chi connectivity index (χ1) is 16.5. The first kappa shape index (κ1) is 22.0. The second-order valence-electron chi connectivity index (χ2n) is 9.05. The summed E-state index contributed by atoms with van der Waals surface area (Å²) in [5, 5.41) is 4.89. The molecular weight excluding hydrogens is 420 g/mol. The lowest BCUT2D eigenvalue weighted by atomic mass is 10.1. The van der Waals surface area contributed by atoms with E-state index in [2.05, 4.69) is 68.1 Å². The first-order valence-electron chi connectivity index (χ1n) is 11.8. The lowest BCUT2D eigenvalue weighted by Gasteiger charge is -2.36. The van der Waals surface area contributed by atoms with E-state index in [4.69, 9.17) is 5.10 Å². The van der Waals surface area contributed by atoms with Crippen molar-refractivity contribution in [3.05, 3.63) is 101 Å². The van der Waals surface area contributed by atoms with Gasteiger partial charge in [0.15, 0.2) is 0 Å². The van der Waals surface area contributed by atoms with Crippen molar-refractivity contribution >= 4 is 11.6 Å². The normalized spacial score (nSPS) is 13.9. The zero-order valence-electron chi connectivity index (χ0n) is 20.0. The lowest BCUT2D eigenvalue weighted by molar-refractivity contribution is 0.0737. The van der Waals surface area contributed by atoms with E-state index in [0.29, 0.717) is 18.8 Å². The Bertz CT molecular complexity index is 1320. The summed E-state index contributed by atoms with van der Waals surface area (Å²) in [5.41, 5.74) is 8.17. The van der Waals surface area contributed by atoms with Gasteiger partial charge in [-0.2, -0.15) is 5.10 Å². The minimum Gasteiger partial charge on any atom is -0.368 e. The van der Waals surface area contributed by atoms with Crippen LogP contribution in [0.3, 0.4) is 0 Å². The molecule has 1 saturated heterocycles. The number of para-hydroxylation sites is 1. The van der Waals surface area contributed by atoms with Crippen LogP contribution < -0.4 is 4.90 Å². The van der Waals surface area contributed by atoms with E-state index in [1.807, 2.05) is 46.0 Å². The minimum absolute atomic E-state index is 0.0269. The van der Waals surface area contributed by atoms with Crippen molar-refractivity contribution in [3.8, 4) is 16.9 Å². The SMILES string of the molecule is Cc1ccc(-n2nc(-c3ccccc3)cc2C(=O)N2CCN(c3ccccc3C)CC2)c(C)c1. The van der Waals surface area contributed by atoms with Crippen molar-refractivity contribution in [1.82, 2.24) is 14.7 Å². The van der Waals surface area contributed by atoms with E-state index in [-0.39, 0.29) is 5.91 Å². The van der Waals surface area contributed by atoms with E-state index >= 15 is 0 Å². The number of rotatable bonds is 4. The van der Waals surface area contributed by atoms with Crippen LogP contribution in [-0.2, 0) is 0 Å². The number of aryl methyl sites for hydroxylation is 3. The van der Waals surface area contributed by atoms with Gasteiger partial charge in [0.1, 0.15) is 5.69 Å². The molecule has 0 saturated carbocycles. The van der Waals surface area contributed by atoms with Crippen molar-refractivity contribution in [1.29, 1.82) is 0 Å². The molecule has 0 aliphatic carbocycles. The van der Waals surface area contributed by atoms with Gasteiger partial charge in [0, 0.05) is 37.4 Å². The Kier molecular flexibility index (Phi) is 5.93. The Morgan fingerprint density at radius 2 is 1.44 bits per heavy atom. The van der Waals surface area contributed by atoms with Crippen molar-refractivity contribution in [2.75, 3.05) is 31.1 Å². The number of hydrogen-bond acceptors (Lipinski definition) is 3. The Morgan fingerprint density at radius 1 is 0.735 bits per heavy atom. The van der Waals surface area contributed by atoms with Crippen molar-refractivity contribution in [2.24, 2.45) is 0 Å². The number of carbonyl (C=O) groups is 1. The molecule has 1 aliphatic rings. The van der Waals surface area contributed by atoms with E-state index < -0.39 is 0 Å². The molecule has 1 fully saturated rings. The molecule has 1 aromatic heterocycles. The highest BCUT2D eigenvalue weighted by atomic mass is 16.2. The van der Waals surface area contributed by atoms with E-state index in [9.17, 15) is 4.79 Å². The van der Waals surface area contributed by atoms with Crippen molar-refractivity contribution < 1.29 is 4.79 Å². The van der Waals surface area contributed by atoms with Crippen LogP contribution in [0, 0.1) is 20.8 Å². The van der Waals surface area contributed by atoms with Gasteiger partial charge in [0.05, 0.1) is 11.4 Å². The van der Waals surface area contributed by atoms with Crippen LogP contribution >= 0.6 is 0 Å². The third-order valence-corrected chi connectivity index (χ3v) is 6.60. The molecule has 4 aromatic rings. The summed E-state index contributed by atoms with van der Waals surface area (Å²) in [6.07, 6.45) is 0. The van der Waals surface area contributed by atoms with E-state index in [1.165, 1.54) is 16.8 Å². The number of aromatic nitrogens is 2. The van der Waals surface area contributed by atoms with Crippen LogP contribution in [0.2, 0.25) is 0 Å².